The van der Waals surface area contributed by atoms with Crippen molar-refractivity contribution in [3.63, 3.8) is 0 Å². The zero-order chi connectivity index (χ0) is 17.4. The number of amides is 1. The van der Waals surface area contributed by atoms with Gasteiger partial charge in [0, 0.05) is 5.92 Å². The maximum atomic E-state index is 13.0. The monoisotopic (exact) mass is 350 g/mol. The number of sulfone groups is 1. The minimum absolute atomic E-state index is 0.0697. The summed E-state index contributed by atoms with van der Waals surface area (Å²) < 4.78 is 38.2. The van der Waals surface area contributed by atoms with E-state index in [9.17, 15) is 17.6 Å². The summed E-state index contributed by atoms with van der Waals surface area (Å²) in [5.74, 6) is -1.48. The SMILES string of the molecule is N#CCNC(=O)C1CC2(CC2)CC1CS(=O)(=O)c1ccc(F)cc1. The number of halogens is 1. The zero-order valence-electron chi connectivity index (χ0n) is 13.2. The molecule has 2 fully saturated rings. The van der Waals surface area contributed by atoms with Gasteiger partial charge >= 0.3 is 0 Å². The highest BCUT2D eigenvalue weighted by molar-refractivity contribution is 7.91. The molecule has 2 aliphatic carbocycles. The summed E-state index contributed by atoms with van der Waals surface area (Å²) in [5, 5.41) is 11.2. The largest absolute Gasteiger partial charge is 0.343 e. The molecule has 24 heavy (non-hydrogen) atoms. The standard InChI is InChI=1S/C17H19FN2O3S/c18-13-1-3-14(4-2-13)24(22,23)11-12-9-17(5-6-17)10-15(12)16(21)20-8-7-19/h1-4,12,15H,5-6,8-11H2,(H,20,21). The van der Waals surface area contributed by atoms with Crippen molar-refractivity contribution in [2.45, 2.75) is 30.6 Å². The highest BCUT2D eigenvalue weighted by Gasteiger charge is 2.55. The second-order valence-electron chi connectivity index (χ2n) is 6.89. The van der Waals surface area contributed by atoms with Crippen LogP contribution < -0.4 is 5.32 Å². The third-order valence-electron chi connectivity index (χ3n) is 5.16. The topological polar surface area (TPSA) is 87.0 Å². The average molecular weight is 350 g/mol. The van der Waals surface area contributed by atoms with Crippen molar-refractivity contribution in [1.29, 1.82) is 5.26 Å². The molecule has 0 radical (unpaired) electrons. The number of nitriles is 1. The number of hydrogen-bond acceptors (Lipinski definition) is 4. The van der Waals surface area contributed by atoms with Gasteiger partial charge in [-0.2, -0.15) is 5.26 Å². The van der Waals surface area contributed by atoms with Crippen molar-refractivity contribution in [3.05, 3.63) is 30.1 Å². The summed E-state index contributed by atoms with van der Waals surface area (Å²) >= 11 is 0. The van der Waals surface area contributed by atoms with Crippen molar-refractivity contribution in [2.75, 3.05) is 12.3 Å². The molecule has 2 aliphatic rings. The normalized spacial score (nSPS) is 24.5. The van der Waals surface area contributed by atoms with Gasteiger partial charge in [-0.25, -0.2) is 12.8 Å². The first kappa shape index (κ1) is 16.9. The number of carbonyl (C=O) groups is 1. The van der Waals surface area contributed by atoms with Crippen LogP contribution in [0.3, 0.4) is 0 Å². The van der Waals surface area contributed by atoms with E-state index in [1.165, 1.54) is 12.1 Å². The molecule has 7 heteroatoms. The minimum atomic E-state index is -3.58. The van der Waals surface area contributed by atoms with Gasteiger partial charge in [0.25, 0.3) is 0 Å². The average Bonchev–Trinajstić information content (AvgIpc) is 3.19. The van der Waals surface area contributed by atoms with E-state index in [-0.39, 0.29) is 40.4 Å². The van der Waals surface area contributed by atoms with Crippen molar-refractivity contribution < 1.29 is 17.6 Å². The lowest BCUT2D eigenvalue weighted by Gasteiger charge is -2.18. The van der Waals surface area contributed by atoms with E-state index in [0.717, 1.165) is 31.4 Å². The third kappa shape index (κ3) is 3.44. The maximum Gasteiger partial charge on any atom is 0.224 e. The van der Waals surface area contributed by atoms with E-state index in [1.807, 2.05) is 6.07 Å². The van der Waals surface area contributed by atoms with Gasteiger partial charge in [0.2, 0.25) is 5.91 Å². The highest BCUT2D eigenvalue weighted by atomic mass is 32.2. The lowest BCUT2D eigenvalue weighted by Crippen LogP contribution is -2.35. The van der Waals surface area contributed by atoms with Crippen LogP contribution in [0.2, 0.25) is 0 Å². The van der Waals surface area contributed by atoms with Crippen molar-refractivity contribution in [1.82, 2.24) is 5.32 Å². The zero-order valence-corrected chi connectivity index (χ0v) is 14.0. The molecule has 2 atom stereocenters. The first-order valence-electron chi connectivity index (χ1n) is 7.98. The predicted octanol–water partition coefficient (Wildman–Crippen LogP) is 2.05. The van der Waals surface area contributed by atoms with Gasteiger partial charge in [0.15, 0.2) is 9.84 Å². The number of nitrogens with one attached hydrogen (secondary N) is 1. The van der Waals surface area contributed by atoms with Crippen LogP contribution in [0.1, 0.15) is 25.7 Å². The van der Waals surface area contributed by atoms with Crippen LogP contribution in [-0.4, -0.2) is 26.6 Å². The van der Waals surface area contributed by atoms with Gasteiger partial charge in [-0.1, -0.05) is 0 Å². The van der Waals surface area contributed by atoms with Crippen LogP contribution in [0.25, 0.3) is 0 Å². The fraction of sp³-hybridized carbons (Fsp3) is 0.529. The highest BCUT2D eigenvalue weighted by Crippen LogP contribution is 2.61. The van der Waals surface area contributed by atoms with Crippen molar-refractivity contribution >= 4 is 15.7 Å². The van der Waals surface area contributed by atoms with Gasteiger partial charge < -0.3 is 5.32 Å². The molecule has 3 rings (SSSR count). The Balaban J connectivity index is 1.77. The van der Waals surface area contributed by atoms with Crippen LogP contribution in [0, 0.1) is 34.4 Å². The molecular formula is C17H19FN2O3S. The summed E-state index contributed by atoms with van der Waals surface area (Å²) in [6.45, 7) is -0.0697. The molecule has 1 aromatic carbocycles. The summed E-state index contributed by atoms with van der Waals surface area (Å²) in [5.41, 5.74) is 0.109. The number of rotatable bonds is 5. The van der Waals surface area contributed by atoms with Gasteiger partial charge in [-0.3, -0.25) is 4.79 Å². The molecule has 1 spiro atoms. The summed E-state index contributed by atoms with van der Waals surface area (Å²) in [6, 6.07) is 6.64. The van der Waals surface area contributed by atoms with E-state index in [1.54, 1.807) is 0 Å². The second kappa shape index (κ2) is 6.17. The predicted molar refractivity (Wildman–Crippen MR) is 85.0 cm³/mol. The Morgan fingerprint density at radius 1 is 1.29 bits per heavy atom. The van der Waals surface area contributed by atoms with Crippen molar-refractivity contribution in [2.24, 2.45) is 17.3 Å². The Bertz CT molecular complexity index is 779. The lowest BCUT2D eigenvalue weighted by atomic mass is 9.97. The lowest BCUT2D eigenvalue weighted by molar-refractivity contribution is -0.125. The Kier molecular flexibility index (Phi) is 4.35. The molecule has 2 unspecified atom stereocenters. The molecule has 0 aliphatic heterocycles. The second-order valence-corrected chi connectivity index (χ2v) is 8.92. The molecule has 2 saturated carbocycles. The number of carbonyl (C=O) groups excluding carboxylic acids is 1. The first-order chi connectivity index (χ1) is 11.4. The van der Waals surface area contributed by atoms with E-state index < -0.39 is 15.7 Å². The van der Waals surface area contributed by atoms with Gasteiger partial charge in [0.1, 0.15) is 12.4 Å². The van der Waals surface area contributed by atoms with Crippen LogP contribution in [-0.2, 0) is 14.6 Å². The molecule has 0 heterocycles. The van der Waals surface area contributed by atoms with Gasteiger partial charge in [-0.05, 0) is 61.3 Å². The molecule has 5 nitrogen and oxygen atoms in total. The first-order valence-corrected chi connectivity index (χ1v) is 9.63. The van der Waals surface area contributed by atoms with E-state index >= 15 is 0 Å². The fourth-order valence-electron chi connectivity index (χ4n) is 3.76. The van der Waals surface area contributed by atoms with Gasteiger partial charge in [0.05, 0.1) is 16.7 Å². The number of hydrogen-bond donors (Lipinski definition) is 1. The fourth-order valence-corrected chi connectivity index (χ4v) is 5.42. The Hall–Kier alpha value is -1.94. The Morgan fingerprint density at radius 3 is 2.54 bits per heavy atom. The van der Waals surface area contributed by atoms with E-state index in [2.05, 4.69) is 5.32 Å². The third-order valence-corrected chi connectivity index (χ3v) is 7.02. The molecule has 1 amide bonds. The molecule has 1 N–H and O–H groups in total. The smallest absolute Gasteiger partial charge is 0.224 e. The quantitative estimate of drug-likeness (QED) is 0.650. The van der Waals surface area contributed by atoms with Gasteiger partial charge in [-0.15, -0.1) is 0 Å². The summed E-state index contributed by atoms with van der Waals surface area (Å²) in [6.07, 6.45) is 3.47. The van der Waals surface area contributed by atoms with Crippen LogP contribution in [0.15, 0.2) is 29.2 Å². The van der Waals surface area contributed by atoms with Crippen LogP contribution in [0.4, 0.5) is 4.39 Å². The van der Waals surface area contributed by atoms with E-state index in [4.69, 9.17) is 5.26 Å². The molecular weight excluding hydrogens is 331 g/mol. The number of nitrogens with zero attached hydrogens (tertiary/aromatic N) is 1. The summed E-state index contributed by atoms with van der Waals surface area (Å²) in [4.78, 5) is 12.4. The van der Waals surface area contributed by atoms with Crippen LogP contribution in [0.5, 0.6) is 0 Å². The van der Waals surface area contributed by atoms with Crippen molar-refractivity contribution in [3.8, 4) is 6.07 Å². The molecule has 1 aromatic rings. The number of benzene rings is 1. The maximum absolute atomic E-state index is 13.0. The van der Waals surface area contributed by atoms with Crippen LogP contribution >= 0.6 is 0 Å². The molecule has 0 bridgehead atoms. The Morgan fingerprint density at radius 2 is 1.96 bits per heavy atom. The minimum Gasteiger partial charge on any atom is -0.343 e. The Labute approximate surface area is 140 Å². The summed E-state index contributed by atoms with van der Waals surface area (Å²) in [7, 11) is -3.58. The van der Waals surface area contributed by atoms with E-state index in [0.29, 0.717) is 6.42 Å². The molecule has 128 valence electrons. The molecule has 0 aromatic heterocycles. The molecule has 0 saturated heterocycles.